The first-order valence-corrected chi connectivity index (χ1v) is 11.5. The molecule has 0 saturated carbocycles. The van der Waals surface area contributed by atoms with Crippen LogP contribution in [0.25, 0.3) is 10.9 Å². The van der Waals surface area contributed by atoms with Gasteiger partial charge in [0.05, 0.1) is 22.1 Å². The second-order valence-corrected chi connectivity index (χ2v) is 9.68. The summed E-state index contributed by atoms with van der Waals surface area (Å²) in [4.78, 5) is 5.22. The molecule has 30 heavy (non-hydrogen) atoms. The summed E-state index contributed by atoms with van der Waals surface area (Å²) >= 11 is 0. The Kier molecular flexibility index (Phi) is 4.65. The minimum atomic E-state index is -3.66. The molecule has 0 aliphatic carbocycles. The number of para-hydroxylation sites is 1. The summed E-state index contributed by atoms with van der Waals surface area (Å²) in [5, 5.41) is 1.03. The minimum Gasteiger partial charge on any atom is -0.251 e. The summed E-state index contributed by atoms with van der Waals surface area (Å²) in [5.74, 6) is 0. The average molecular weight is 415 g/mol. The smallest absolute Gasteiger partial charge is 0.244 e. The highest BCUT2D eigenvalue weighted by Gasteiger charge is 2.40. The molecular weight excluding hydrogens is 392 g/mol. The molecule has 0 radical (unpaired) electrons. The number of hydrogen-bond donors (Lipinski definition) is 0. The molecule has 4 nitrogen and oxygen atoms in total. The summed E-state index contributed by atoms with van der Waals surface area (Å²) < 4.78 is 28.8. The van der Waals surface area contributed by atoms with Gasteiger partial charge in [-0.05, 0) is 48.7 Å². The van der Waals surface area contributed by atoms with Gasteiger partial charge in [0.2, 0.25) is 10.0 Å². The standard InChI is InChI=1S/C25H22N2O2S/c1-18-11-13-22(14-12-18)30(28,29)27-17-21-16-20-9-5-6-10-23(20)26-25(21)24(27)15-19-7-3-2-4-8-19/h2-14,16,24H,15,17H2,1H3. The van der Waals surface area contributed by atoms with Crippen molar-refractivity contribution in [2.75, 3.05) is 0 Å². The largest absolute Gasteiger partial charge is 0.251 e. The number of aromatic nitrogens is 1. The van der Waals surface area contributed by atoms with E-state index in [2.05, 4.69) is 6.07 Å². The molecule has 0 spiro atoms. The number of benzene rings is 3. The lowest BCUT2D eigenvalue weighted by atomic mass is 10.0. The van der Waals surface area contributed by atoms with Crippen LogP contribution in [0.2, 0.25) is 0 Å². The summed E-state index contributed by atoms with van der Waals surface area (Å²) in [7, 11) is -3.66. The molecule has 1 aliphatic heterocycles. The highest BCUT2D eigenvalue weighted by molar-refractivity contribution is 7.89. The first-order chi connectivity index (χ1) is 14.5. The van der Waals surface area contributed by atoms with Gasteiger partial charge in [-0.15, -0.1) is 0 Å². The number of fused-ring (bicyclic) bond motifs is 2. The molecule has 1 aromatic heterocycles. The third-order valence-corrected chi connectivity index (χ3v) is 7.59. The van der Waals surface area contributed by atoms with Crippen molar-refractivity contribution in [1.29, 1.82) is 0 Å². The van der Waals surface area contributed by atoms with Gasteiger partial charge in [-0.2, -0.15) is 4.31 Å². The topological polar surface area (TPSA) is 50.3 Å². The summed E-state index contributed by atoms with van der Waals surface area (Å²) in [6, 6.07) is 26.8. The summed E-state index contributed by atoms with van der Waals surface area (Å²) in [5.41, 5.74) is 4.85. The molecule has 1 unspecified atom stereocenters. The van der Waals surface area contributed by atoms with Crippen LogP contribution in [0.1, 0.15) is 28.4 Å². The molecule has 0 N–H and O–H groups in total. The molecule has 4 aromatic rings. The van der Waals surface area contributed by atoms with Crippen LogP contribution in [0.15, 0.2) is 89.8 Å². The Morgan fingerprint density at radius 2 is 1.63 bits per heavy atom. The van der Waals surface area contributed by atoms with Crippen molar-refractivity contribution < 1.29 is 8.42 Å². The molecule has 0 amide bonds. The normalized spacial score (nSPS) is 16.6. The molecule has 0 saturated heterocycles. The molecule has 5 rings (SSSR count). The van der Waals surface area contributed by atoms with Crippen molar-refractivity contribution in [1.82, 2.24) is 9.29 Å². The van der Waals surface area contributed by atoms with Gasteiger partial charge >= 0.3 is 0 Å². The molecule has 0 fully saturated rings. The van der Waals surface area contributed by atoms with Crippen molar-refractivity contribution in [2.45, 2.75) is 30.8 Å². The fraction of sp³-hybridized carbons (Fsp3) is 0.160. The van der Waals surface area contributed by atoms with Gasteiger partial charge in [-0.1, -0.05) is 66.2 Å². The molecule has 1 atom stereocenters. The highest BCUT2D eigenvalue weighted by Crippen LogP contribution is 2.40. The Bertz CT molecular complexity index is 1320. The third-order valence-electron chi connectivity index (χ3n) is 5.73. The van der Waals surface area contributed by atoms with E-state index < -0.39 is 10.0 Å². The minimum absolute atomic E-state index is 0.323. The van der Waals surface area contributed by atoms with Crippen LogP contribution in [-0.4, -0.2) is 17.7 Å². The van der Waals surface area contributed by atoms with Gasteiger partial charge in [0.1, 0.15) is 0 Å². The van der Waals surface area contributed by atoms with Gasteiger partial charge in [-0.25, -0.2) is 8.42 Å². The molecule has 2 heterocycles. The Hall–Kier alpha value is -3.02. The second-order valence-electron chi connectivity index (χ2n) is 7.79. The molecule has 0 bridgehead atoms. The maximum absolute atomic E-state index is 13.6. The van der Waals surface area contributed by atoms with E-state index in [4.69, 9.17) is 4.98 Å². The van der Waals surface area contributed by atoms with Gasteiger partial charge < -0.3 is 0 Å². The van der Waals surface area contributed by atoms with Crippen LogP contribution in [-0.2, 0) is 23.0 Å². The van der Waals surface area contributed by atoms with E-state index in [0.717, 1.165) is 33.3 Å². The molecule has 1 aliphatic rings. The van der Waals surface area contributed by atoms with E-state index in [1.807, 2.05) is 73.7 Å². The third kappa shape index (κ3) is 3.30. The number of nitrogens with zero attached hydrogens (tertiary/aromatic N) is 2. The zero-order chi connectivity index (χ0) is 20.7. The van der Waals surface area contributed by atoms with Crippen LogP contribution < -0.4 is 0 Å². The van der Waals surface area contributed by atoms with E-state index in [0.29, 0.717) is 17.9 Å². The number of hydrogen-bond acceptors (Lipinski definition) is 3. The zero-order valence-corrected chi connectivity index (χ0v) is 17.5. The Morgan fingerprint density at radius 1 is 0.933 bits per heavy atom. The molecule has 5 heteroatoms. The first kappa shape index (κ1) is 19.0. The van der Waals surface area contributed by atoms with Crippen molar-refractivity contribution in [3.05, 3.63) is 107 Å². The van der Waals surface area contributed by atoms with Crippen LogP contribution in [0, 0.1) is 6.92 Å². The number of rotatable bonds is 4. The second kappa shape index (κ2) is 7.35. The van der Waals surface area contributed by atoms with Crippen molar-refractivity contribution in [2.24, 2.45) is 0 Å². The van der Waals surface area contributed by atoms with Crippen LogP contribution >= 0.6 is 0 Å². The van der Waals surface area contributed by atoms with Crippen LogP contribution in [0.3, 0.4) is 0 Å². The Balaban J connectivity index is 1.63. The van der Waals surface area contributed by atoms with Crippen LogP contribution in [0.5, 0.6) is 0 Å². The molecule has 150 valence electrons. The summed E-state index contributed by atoms with van der Waals surface area (Å²) in [6.45, 7) is 2.29. The average Bonchev–Trinajstić information content (AvgIpc) is 3.11. The fourth-order valence-corrected chi connectivity index (χ4v) is 5.71. The lowest BCUT2D eigenvalue weighted by Gasteiger charge is -2.24. The Labute approximate surface area is 176 Å². The fourth-order valence-electron chi connectivity index (χ4n) is 4.14. The van der Waals surface area contributed by atoms with Crippen LogP contribution in [0.4, 0.5) is 0 Å². The van der Waals surface area contributed by atoms with E-state index in [1.54, 1.807) is 16.4 Å². The van der Waals surface area contributed by atoms with Crippen molar-refractivity contribution >= 4 is 20.9 Å². The Morgan fingerprint density at radius 3 is 2.40 bits per heavy atom. The van der Waals surface area contributed by atoms with E-state index in [1.165, 1.54) is 0 Å². The number of aryl methyl sites for hydroxylation is 1. The maximum atomic E-state index is 13.6. The van der Waals surface area contributed by atoms with Crippen molar-refractivity contribution in [3.63, 3.8) is 0 Å². The predicted molar refractivity (Wildman–Crippen MR) is 119 cm³/mol. The number of sulfonamides is 1. The van der Waals surface area contributed by atoms with E-state index in [-0.39, 0.29) is 6.04 Å². The lowest BCUT2D eigenvalue weighted by Crippen LogP contribution is -2.31. The van der Waals surface area contributed by atoms with Gasteiger partial charge in [0.15, 0.2) is 0 Å². The molecule has 3 aromatic carbocycles. The first-order valence-electron chi connectivity index (χ1n) is 10.0. The van der Waals surface area contributed by atoms with Gasteiger partial charge in [0.25, 0.3) is 0 Å². The van der Waals surface area contributed by atoms with E-state index in [9.17, 15) is 8.42 Å². The van der Waals surface area contributed by atoms with Gasteiger partial charge in [-0.3, -0.25) is 4.98 Å². The monoisotopic (exact) mass is 414 g/mol. The maximum Gasteiger partial charge on any atom is 0.244 e. The summed E-state index contributed by atoms with van der Waals surface area (Å²) in [6.07, 6.45) is 0.588. The SMILES string of the molecule is Cc1ccc(S(=O)(=O)N2Cc3cc4ccccc4nc3C2Cc2ccccc2)cc1. The van der Waals surface area contributed by atoms with Gasteiger partial charge in [0, 0.05) is 11.9 Å². The van der Waals surface area contributed by atoms with E-state index >= 15 is 0 Å². The lowest BCUT2D eigenvalue weighted by molar-refractivity contribution is 0.345. The number of pyridine rings is 1. The quantitative estimate of drug-likeness (QED) is 0.470. The zero-order valence-electron chi connectivity index (χ0n) is 16.7. The molecular formula is C25H22N2O2S. The van der Waals surface area contributed by atoms with Crippen molar-refractivity contribution in [3.8, 4) is 0 Å². The highest BCUT2D eigenvalue weighted by atomic mass is 32.2. The predicted octanol–water partition coefficient (Wildman–Crippen LogP) is 5.03.